The molecule has 0 aliphatic heterocycles. The Hall–Kier alpha value is -0.877. The van der Waals surface area contributed by atoms with Crippen molar-refractivity contribution in [3.05, 3.63) is 59.5 Å². The van der Waals surface area contributed by atoms with Crippen molar-refractivity contribution in [2.24, 2.45) is 0 Å². The number of H-pyrrole nitrogens is 1. The number of hydrogen-bond acceptors (Lipinski definition) is 0. The van der Waals surface area contributed by atoms with E-state index in [2.05, 4.69) is 56.8 Å². The molecule has 0 radical (unpaired) electrons. The van der Waals surface area contributed by atoms with Gasteiger partial charge in [0.15, 0.2) is 0 Å². The number of nitrogens with one attached hydrogen (secondary N) is 1. The van der Waals surface area contributed by atoms with E-state index in [-0.39, 0.29) is 19.5 Å². The van der Waals surface area contributed by atoms with Crippen LogP contribution >= 0.6 is 0 Å². The molecular formula is C18H27NRu. The third-order valence-electron chi connectivity index (χ3n) is 3.52. The van der Waals surface area contributed by atoms with Crippen molar-refractivity contribution in [2.75, 3.05) is 0 Å². The minimum absolute atomic E-state index is 0. The minimum Gasteiger partial charge on any atom is -0.364 e. The van der Waals surface area contributed by atoms with Gasteiger partial charge in [-0.2, -0.15) is 0 Å². The number of allylic oxidation sites excluding steroid dienone is 5. The van der Waals surface area contributed by atoms with E-state index in [1.54, 1.807) is 0 Å². The Morgan fingerprint density at radius 1 is 1.20 bits per heavy atom. The van der Waals surface area contributed by atoms with Crippen molar-refractivity contribution in [2.45, 2.75) is 52.9 Å². The largest absolute Gasteiger partial charge is 0.364 e. The maximum Gasteiger partial charge on any atom is 0.0179 e. The Morgan fingerprint density at radius 3 is 2.40 bits per heavy atom. The van der Waals surface area contributed by atoms with E-state index in [0.29, 0.717) is 0 Å². The number of aromatic nitrogens is 1. The molecule has 1 aromatic rings. The van der Waals surface area contributed by atoms with E-state index in [0.717, 1.165) is 32.1 Å². The number of rotatable bonds is 5. The van der Waals surface area contributed by atoms with Crippen LogP contribution in [0, 0.1) is 0 Å². The zero-order valence-corrected chi connectivity index (χ0v) is 14.7. The molecule has 0 saturated heterocycles. The fraction of sp³-hybridized carbons (Fsp3) is 0.444. The summed E-state index contributed by atoms with van der Waals surface area (Å²) < 4.78 is 0. The smallest absolute Gasteiger partial charge is 0.0179 e. The molecule has 0 aromatic carbocycles. The van der Waals surface area contributed by atoms with E-state index in [9.17, 15) is 0 Å². The molecule has 20 heavy (non-hydrogen) atoms. The van der Waals surface area contributed by atoms with Gasteiger partial charge in [0.1, 0.15) is 0 Å². The SMILES string of the molecule is C=CCC1=CC=CC1.CCc1c[nH]c(CC)c1CC.[Ru]. The van der Waals surface area contributed by atoms with Gasteiger partial charge >= 0.3 is 0 Å². The van der Waals surface area contributed by atoms with Crippen LogP contribution in [-0.2, 0) is 38.7 Å². The minimum atomic E-state index is 0. The van der Waals surface area contributed by atoms with Gasteiger partial charge in [-0.1, -0.05) is 50.6 Å². The van der Waals surface area contributed by atoms with E-state index >= 15 is 0 Å². The summed E-state index contributed by atoms with van der Waals surface area (Å²) in [6, 6.07) is 0. The van der Waals surface area contributed by atoms with Gasteiger partial charge in [-0.25, -0.2) is 0 Å². The molecule has 0 amide bonds. The van der Waals surface area contributed by atoms with Crippen molar-refractivity contribution in [3.8, 4) is 0 Å². The van der Waals surface area contributed by atoms with E-state index in [1.165, 1.54) is 22.4 Å². The van der Waals surface area contributed by atoms with Crippen molar-refractivity contribution in [3.63, 3.8) is 0 Å². The van der Waals surface area contributed by atoms with Crippen LogP contribution < -0.4 is 0 Å². The van der Waals surface area contributed by atoms with Gasteiger partial charge in [0.2, 0.25) is 0 Å². The average Bonchev–Trinajstić information content (AvgIpc) is 3.07. The van der Waals surface area contributed by atoms with Crippen LogP contribution in [0.4, 0.5) is 0 Å². The first kappa shape index (κ1) is 19.1. The molecule has 0 fully saturated rings. The molecule has 1 aliphatic carbocycles. The molecular weight excluding hydrogens is 331 g/mol. The van der Waals surface area contributed by atoms with Crippen molar-refractivity contribution < 1.29 is 19.5 Å². The Balaban J connectivity index is 0.000000359. The predicted molar refractivity (Wildman–Crippen MR) is 85.6 cm³/mol. The molecule has 1 N–H and O–H groups in total. The number of aromatic amines is 1. The van der Waals surface area contributed by atoms with Crippen molar-refractivity contribution in [1.82, 2.24) is 4.98 Å². The number of aryl methyl sites for hydroxylation is 2. The summed E-state index contributed by atoms with van der Waals surface area (Å²) in [6.07, 6.45) is 16.1. The van der Waals surface area contributed by atoms with Gasteiger partial charge in [-0.3, -0.25) is 0 Å². The second-order valence-corrected chi connectivity index (χ2v) is 4.78. The molecule has 2 rings (SSSR count). The van der Waals surface area contributed by atoms with Crippen LogP contribution in [0.1, 0.15) is 50.4 Å². The van der Waals surface area contributed by atoms with Gasteiger partial charge in [-0.15, -0.1) is 6.58 Å². The number of hydrogen-bond donors (Lipinski definition) is 1. The molecule has 112 valence electrons. The average molecular weight is 358 g/mol. The third kappa shape index (κ3) is 5.63. The Labute approximate surface area is 137 Å². The van der Waals surface area contributed by atoms with Crippen LogP contribution in [-0.4, -0.2) is 4.98 Å². The molecule has 0 spiro atoms. The second kappa shape index (κ2) is 10.9. The standard InChI is InChI=1S/C10H17N.C8H10.Ru/c1-4-8-7-11-10(6-3)9(8)5-2;1-2-5-8-6-3-4-7-8;/h7,11H,4-6H2,1-3H3;2-4,6H,1,5,7H2;. The Bertz CT molecular complexity index is 430. The molecule has 1 heterocycles. The van der Waals surface area contributed by atoms with Crippen molar-refractivity contribution in [1.29, 1.82) is 0 Å². The van der Waals surface area contributed by atoms with Crippen LogP contribution in [0.25, 0.3) is 0 Å². The molecule has 1 aliphatic rings. The van der Waals surface area contributed by atoms with Crippen LogP contribution in [0.2, 0.25) is 0 Å². The predicted octanol–water partition coefficient (Wildman–Crippen LogP) is 5.15. The topological polar surface area (TPSA) is 15.8 Å². The van der Waals surface area contributed by atoms with Gasteiger partial charge < -0.3 is 4.98 Å². The van der Waals surface area contributed by atoms with Crippen molar-refractivity contribution >= 4 is 0 Å². The van der Waals surface area contributed by atoms with Gasteiger partial charge in [0.05, 0.1) is 0 Å². The summed E-state index contributed by atoms with van der Waals surface area (Å²) >= 11 is 0. The summed E-state index contributed by atoms with van der Waals surface area (Å²) in [5, 5.41) is 0. The van der Waals surface area contributed by atoms with Crippen LogP contribution in [0.15, 0.2) is 42.7 Å². The van der Waals surface area contributed by atoms with Crippen LogP contribution in [0.5, 0.6) is 0 Å². The Morgan fingerprint density at radius 2 is 1.95 bits per heavy atom. The third-order valence-corrected chi connectivity index (χ3v) is 3.52. The van der Waals surface area contributed by atoms with Gasteiger partial charge in [0, 0.05) is 31.4 Å². The first-order chi connectivity index (χ1) is 9.26. The first-order valence-corrected chi connectivity index (χ1v) is 7.40. The normalized spacial score (nSPS) is 12.2. The molecule has 0 atom stereocenters. The summed E-state index contributed by atoms with van der Waals surface area (Å²) in [5.41, 5.74) is 5.92. The quantitative estimate of drug-likeness (QED) is 0.553. The van der Waals surface area contributed by atoms with E-state index < -0.39 is 0 Å². The van der Waals surface area contributed by atoms with Gasteiger partial charge in [-0.05, 0) is 43.2 Å². The van der Waals surface area contributed by atoms with Crippen LogP contribution in [0.3, 0.4) is 0 Å². The van der Waals surface area contributed by atoms with E-state index in [1.807, 2.05) is 6.08 Å². The van der Waals surface area contributed by atoms with Gasteiger partial charge in [0.25, 0.3) is 0 Å². The fourth-order valence-corrected chi connectivity index (χ4v) is 2.44. The zero-order chi connectivity index (χ0) is 14.1. The molecule has 0 unspecified atom stereocenters. The molecule has 1 nitrogen and oxygen atoms in total. The summed E-state index contributed by atoms with van der Waals surface area (Å²) in [5.74, 6) is 0. The first-order valence-electron chi connectivity index (χ1n) is 7.40. The summed E-state index contributed by atoms with van der Waals surface area (Å²) in [6.45, 7) is 10.3. The summed E-state index contributed by atoms with van der Waals surface area (Å²) in [4.78, 5) is 3.33. The molecule has 1 aromatic heterocycles. The summed E-state index contributed by atoms with van der Waals surface area (Å²) in [7, 11) is 0. The maximum atomic E-state index is 3.66. The maximum absolute atomic E-state index is 3.66. The fourth-order valence-electron chi connectivity index (χ4n) is 2.44. The molecule has 0 saturated carbocycles. The molecule has 0 bridgehead atoms. The Kier molecular flexibility index (Phi) is 10.4. The molecule has 2 heteroatoms. The van der Waals surface area contributed by atoms with E-state index in [4.69, 9.17) is 0 Å². The monoisotopic (exact) mass is 359 g/mol. The zero-order valence-electron chi connectivity index (χ0n) is 13.0. The second-order valence-electron chi connectivity index (χ2n) is 4.78.